The minimum Gasteiger partial charge on any atom is -0.228 e. The van der Waals surface area contributed by atoms with Crippen molar-refractivity contribution in [3.63, 3.8) is 0 Å². The molecule has 2 nitrogen and oxygen atoms in total. The lowest BCUT2D eigenvalue weighted by atomic mass is 10.1. The fourth-order valence-corrected chi connectivity index (χ4v) is 2.98. The monoisotopic (exact) mass is 276 g/mol. The lowest BCUT2D eigenvalue weighted by Gasteiger charge is -2.12. The molecule has 1 aromatic carbocycles. The van der Waals surface area contributed by atoms with Crippen LogP contribution >= 0.6 is 15.9 Å². The van der Waals surface area contributed by atoms with Crippen molar-refractivity contribution in [3.8, 4) is 0 Å². The molecule has 0 radical (unpaired) electrons. The Kier molecular flexibility index (Phi) is 3.72. The number of benzene rings is 1. The minimum atomic E-state index is -3.00. The van der Waals surface area contributed by atoms with Gasteiger partial charge in [0.15, 0.2) is 9.84 Å². The van der Waals surface area contributed by atoms with Crippen LogP contribution in [-0.2, 0) is 9.84 Å². The van der Waals surface area contributed by atoms with Crippen LogP contribution in [-0.4, -0.2) is 14.7 Å². The van der Waals surface area contributed by atoms with Crippen molar-refractivity contribution in [3.05, 3.63) is 34.3 Å². The first-order valence-corrected chi connectivity index (χ1v) is 7.14. The number of halogens is 1. The molecule has 14 heavy (non-hydrogen) atoms. The van der Waals surface area contributed by atoms with Gasteiger partial charge < -0.3 is 0 Å². The summed E-state index contributed by atoms with van der Waals surface area (Å²) in [6.07, 6.45) is 1.89. The summed E-state index contributed by atoms with van der Waals surface area (Å²) in [7, 11) is -3.00. The van der Waals surface area contributed by atoms with E-state index in [1.807, 2.05) is 31.2 Å². The molecule has 1 rings (SSSR count). The highest BCUT2D eigenvalue weighted by atomic mass is 79.9. The van der Waals surface area contributed by atoms with Crippen LogP contribution in [0, 0.1) is 0 Å². The molecule has 0 saturated carbocycles. The molecule has 0 aliphatic rings. The van der Waals surface area contributed by atoms with E-state index in [0.29, 0.717) is 6.42 Å². The van der Waals surface area contributed by atoms with Crippen LogP contribution in [0.1, 0.15) is 24.2 Å². The van der Waals surface area contributed by atoms with Crippen LogP contribution in [0.3, 0.4) is 0 Å². The van der Waals surface area contributed by atoms with Gasteiger partial charge in [-0.05, 0) is 24.1 Å². The van der Waals surface area contributed by atoms with Crippen LogP contribution in [0.2, 0.25) is 0 Å². The van der Waals surface area contributed by atoms with Crippen LogP contribution in [0.15, 0.2) is 28.7 Å². The Hall–Kier alpha value is -0.350. The fraction of sp³-hybridized carbons (Fsp3) is 0.400. The normalized spacial score (nSPS) is 13.9. The Morgan fingerprint density at radius 1 is 1.29 bits per heavy atom. The largest absolute Gasteiger partial charge is 0.228 e. The van der Waals surface area contributed by atoms with E-state index >= 15 is 0 Å². The van der Waals surface area contributed by atoms with Crippen LogP contribution in [0.25, 0.3) is 0 Å². The van der Waals surface area contributed by atoms with Crippen molar-refractivity contribution < 1.29 is 8.42 Å². The first kappa shape index (κ1) is 11.7. The number of hydrogen-bond acceptors (Lipinski definition) is 2. The molecule has 0 aromatic heterocycles. The van der Waals surface area contributed by atoms with E-state index in [2.05, 4.69) is 15.9 Å². The number of hydrogen-bond donors (Lipinski definition) is 0. The van der Waals surface area contributed by atoms with Gasteiger partial charge in [0.2, 0.25) is 0 Å². The molecule has 1 atom stereocenters. The summed E-state index contributed by atoms with van der Waals surface area (Å²) in [5.74, 6) is 0. The molecule has 0 heterocycles. The predicted octanol–water partition coefficient (Wildman–Crippen LogP) is 2.94. The number of rotatable bonds is 3. The summed E-state index contributed by atoms with van der Waals surface area (Å²) in [5.41, 5.74) is 0.859. The maximum absolute atomic E-state index is 11.4. The highest BCUT2D eigenvalue weighted by Crippen LogP contribution is 2.26. The maximum Gasteiger partial charge on any atom is 0.154 e. The highest BCUT2D eigenvalue weighted by Gasteiger charge is 2.20. The van der Waals surface area contributed by atoms with Gasteiger partial charge in [-0.3, -0.25) is 0 Å². The average Bonchev–Trinajstić information content (AvgIpc) is 2.07. The molecule has 0 fully saturated rings. The smallest absolute Gasteiger partial charge is 0.154 e. The van der Waals surface area contributed by atoms with E-state index < -0.39 is 9.84 Å². The Morgan fingerprint density at radius 3 is 2.14 bits per heavy atom. The van der Waals surface area contributed by atoms with Crippen LogP contribution in [0.5, 0.6) is 0 Å². The molecule has 0 N–H and O–H groups in total. The van der Waals surface area contributed by atoms with Crippen LogP contribution in [0.4, 0.5) is 0 Å². The van der Waals surface area contributed by atoms with E-state index in [0.717, 1.165) is 10.0 Å². The third-order valence-corrected chi connectivity index (χ3v) is 4.30. The molecule has 0 aliphatic carbocycles. The lowest BCUT2D eigenvalue weighted by molar-refractivity contribution is 0.585. The quantitative estimate of drug-likeness (QED) is 0.851. The molecular weight excluding hydrogens is 264 g/mol. The zero-order chi connectivity index (χ0) is 10.8. The third kappa shape index (κ3) is 2.82. The fourth-order valence-electron chi connectivity index (χ4n) is 1.46. The van der Waals surface area contributed by atoms with E-state index in [4.69, 9.17) is 0 Å². The number of sulfone groups is 1. The summed E-state index contributed by atoms with van der Waals surface area (Å²) in [5, 5.41) is -0.379. The van der Waals surface area contributed by atoms with Gasteiger partial charge >= 0.3 is 0 Å². The van der Waals surface area contributed by atoms with Gasteiger partial charge in [0, 0.05) is 10.7 Å². The SMILES string of the molecule is CC[C@H](c1ccc(Br)cc1)S(C)(=O)=O. The Bertz CT molecular complexity index is 395. The first-order chi connectivity index (χ1) is 6.45. The Balaban J connectivity index is 3.08. The van der Waals surface area contributed by atoms with E-state index in [9.17, 15) is 8.42 Å². The molecule has 0 saturated heterocycles. The summed E-state index contributed by atoms with van der Waals surface area (Å²) in [6.45, 7) is 1.88. The van der Waals surface area contributed by atoms with Crippen molar-refractivity contribution in [2.45, 2.75) is 18.6 Å². The predicted molar refractivity (Wildman–Crippen MR) is 62.0 cm³/mol. The van der Waals surface area contributed by atoms with Crippen molar-refractivity contribution in [1.29, 1.82) is 0 Å². The molecular formula is C10H13BrO2S. The molecule has 78 valence electrons. The van der Waals surface area contributed by atoms with E-state index in [1.54, 1.807) is 0 Å². The highest BCUT2D eigenvalue weighted by molar-refractivity contribution is 9.10. The van der Waals surface area contributed by atoms with Gasteiger partial charge in [-0.1, -0.05) is 35.0 Å². The summed E-state index contributed by atoms with van der Waals surface area (Å²) in [4.78, 5) is 0. The molecule has 0 spiro atoms. The topological polar surface area (TPSA) is 34.1 Å². The molecule has 4 heteroatoms. The van der Waals surface area contributed by atoms with Crippen molar-refractivity contribution >= 4 is 25.8 Å². The van der Waals surface area contributed by atoms with Gasteiger partial charge in [-0.25, -0.2) is 8.42 Å². The molecule has 1 aromatic rings. The van der Waals surface area contributed by atoms with Crippen molar-refractivity contribution in [1.82, 2.24) is 0 Å². The van der Waals surface area contributed by atoms with E-state index in [-0.39, 0.29) is 5.25 Å². The molecule has 0 amide bonds. The van der Waals surface area contributed by atoms with Gasteiger partial charge in [0.1, 0.15) is 0 Å². The standard InChI is InChI=1S/C10H13BrO2S/c1-3-10(14(2,12)13)8-4-6-9(11)7-5-8/h4-7,10H,3H2,1-2H3/t10-/m1/s1. The molecule has 0 bridgehead atoms. The second-order valence-corrected chi connectivity index (χ2v) is 6.42. The maximum atomic E-state index is 11.4. The first-order valence-electron chi connectivity index (χ1n) is 4.39. The molecule has 0 unspecified atom stereocenters. The summed E-state index contributed by atoms with van der Waals surface area (Å²) in [6, 6.07) is 7.42. The second kappa shape index (κ2) is 4.45. The van der Waals surface area contributed by atoms with Crippen molar-refractivity contribution in [2.24, 2.45) is 0 Å². The zero-order valence-corrected chi connectivity index (χ0v) is 10.6. The minimum absolute atomic E-state index is 0.379. The van der Waals surface area contributed by atoms with Gasteiger partial charge in [-0.2, -0.15) is 0 Å². The molecule has 0 aliphatic heterocycles. The Morgan fingerprint density at radius 2 is 1.79 bits per heavy atom. The van der Waals surface area contributed by atoms with Gasteiger partial charge in [0.25, 0.3) is 0 Å². The van der Waals surface area contributed by atoms with Gasteiger partial charge in [0.05, 0.1) is 5.25 Å². The van der Waals surface area contributed by atoms with E-state index in [1.165, 1.54) is 6.26 Å². The Labute approximate surface area is 93.4 Å². The zero-order valence-electron chi connectivity index (χ0n) is 8.20. The average molecular weight is 277 g/mol. The van der Waals surface area contributed by atoms with Gasteiger partial charge in [-0.15, -0.1) is 0 Å². The van der Waals surface area contributed by atoms with Crippen molar-refractivity contribution in [2.75, 3.05) is 6.26 Å². The lowest BCUT2D eigenvalue weighted by Crippen LogP contribution is -2.10. The third-order valence-electron chi connectivity index (χ3n) is 2.13. The van der Waals surface area contributed by atoms with Crippen LogP contribution < -0.4 is 0 Å². The summed E-state index contributed by atoms with van der Waals surface area (Å²) >= 11 is 3.32. The second-order valence-electron chi connectivity index (χ2n) is 3.28. The summed E-state index contributed by atoms with van der Waals surface area (Å²) < 4.78 is 23.8.